The number of carbonyl (C=O) groups is 4. The van der Waals surface area contributed by atoms with Gasteiger partial charge in [0.05, 0.1) is 37.7 Å². The number of nitrogens with zero attached hydrogens (tertiary/aromatic N) is 6. The van der Waals surface area contributed by atoms with Crippen molar-refractivity contribution in [2.75, 3.05) is 115 Å². The first kappa shape index (κ1) is 61.8. The van der Waals surface area contributed by atoms with Crippen molar-refractivity contribution >= 4 is 35.0 Å². The molecule has 4 aromatic rings. The number of nitrogens with one attached hydrogen (secondary N) is 4. The number of piperazine rings is 2. The zero-order valence-electron chi connectivity index (χ0n) is 49.8. The van der Waals surface area contributed by atoms with Crippen LogP contribution in [0.2, 0.25) is 0 Å². The summed E-state index contributed by atoms with van der Waals surface area (Å²) >= 11 is 0. The summed E-state index contributed by atoms with van der Waals surface area (Å²) in [4.78, 5) is 101. The lowest BCUT2D eigenvalue weighted by Crippen LogP contribution is -2.64. The van der Waals surface area contributed by atoms with Crippen molar-refractivity contribution in [3.8, 4) is 0 Å². The van der Waals surface area contributed by atoms with Crippen LogP contribution in [0.15, 0.2) is 70.3 Å². The molecule has 0 spiro atoms. The van der Waals surface area contributed by atoms with Crippen LogP contribution >= 0.6 is 0 Å². The molecule has 2 aromatic carbocycles. The molecule has 10 rings (SSSR count). The normalized spacial score (nSPS) is 26.3. The third-order valence-corrected chi connectivity index (χ3v) is 18.1. The van der Waals surface area contributed by atoms with Crippen LogP contribution in [0.5, 0.6) is 0 Å². The highest BCUT2D eigenvalue weighted by Crippen LogP contribution is 2.41. The van der Waals surface area contributed by atoms with E-state index in [1.807, 2.05) is 27.7 Å². The van der Waals surface area contributed by atoms with Gasteiger partial charge in [-0.2, -0.15) is 0 Å². The van der Waals surface area contributed by atoms with Crippen molar-refractivity contribution in [3.63, 3.8) is 0 Å². The Morgan fingerprint density at radius 3 is 1.38 bits per heavy atom. The monoisotopic (exact) mass is 1180 g/mol. The highest BCUT2D eigenvalue weighted by atomic mass is 19.1. The van der Waals surface area contributed by atoms with E-state index in [2.05, 4.69) is 54.0 Å². The van der Waals surface area contributed by atoms with Gasteiger partial charge in [0.1, 0.15) is 11.6 Å². The molecule has 0 saturated carbocycles. The number of rotatable bonds is 20. The van der Waals surface area contributed by atoms with E-state index >= 15 is 0 Å². The summed E-state index contributed by atoms with van der Waals surface area (Å²) in [5.74, 6) is -2.09. The van der Waals surface area contributed by atoms with Crippen LogP contribution in [-0.2, 0) is 57.1 Å². The number of carbonyl (C=O) groups excluding carboxylic acids is 4. The number of nitrogens with two attached hydrogens (primary N) is 2. The third kappa shape index (κ3) is 14.1. The molecule has 2 aromatic heterocycles. The van der Waals surface area contributed by atoms with Crippen LogP contribution in [0.3, 0.4) is 0 Å². The van der Waals surface area contributed by atoms with Crippen LogP contribution in [-0.4, -0.2) is 207 Å². The molecule has 21 nitrogen and oxygen atoms in total. The maximum absolute atomic E-state index is 14.6. The zero-order chi connectivity index (χ0) is 60.5. The third-order valence-electron chi connectivity index (χ3n) is 18.1. The van der Waals surface area contributed by atoms with Crippen LogP contribution in [0.25, 0.3) is 0 Å². The van der Waals surface area contributed by atoms with Crippen molar-refractivity contribution in [2.24, 2.45) is 11.5 Å². The largest absolute Gasteiger partial charge is 0.381 e. The molecule has 4 saturated heterocycles. The number of aromatic nitrogens is 2. The minimum Gasteiger partial charge on any atom is -0.381 e. The molecule has 4 fully saturated rings. The number of hydrogen-bond acceptors (Lipinski definition) is 15. The predicted molar refractivity (Wildman–Crippen MR) is 318 cm³/mol. The highest BCUT2D eigenvalue weighted by Gasteiger charge is 2.45. The lowest BCUT2D eigenvalue weighted by Gasteiger charge is -2.46. The van der Waals surface area contributed by atoms with E-state index in [4.69, 9.17) is 25.7 Å². The number of anilines is 2. The summed E-state index contributed by atoms with van der Waals surface area (Å²) < 4.78 is 45.9. The van der Waals surface area contributed by atoms with Gasteiger partial charge in [0, 0.05) is 161 Å². The van der Waals surface area contributed by atoms with E-state index in [0.29, 0.717) is 125 Å². The Morgan fingerprint density at radius 1 is 0.612 bits per heavy atom. The number of ether oxygens (including phenoxy) is 3. The first-order valence-electron chi connectivity index (χ1n) is 30.0. The van der Waals surface area contributed by atoms with Gasteiger partial charge < -0.3 is 56.1 Å². The van der Waals surface area contributed by atoms with Gasteiger partial charge in [-0.3, -0.25) is 48.4 Å². The molecule has 0 radical (unpaired) electrons. The standard InChI is InChI=1S/C62H84F2N12O9/c1-37-29-73(33-51(77)75-35-61(3,4)55-49(75)25-41(59(81)69-55)23-39-7-11-43(63)12-8-39)45(27-67-37)31-71-17-21-84-53(57(65)79)47(71)15-19-83-20-16-48-54(58(66)80)85-22-18-72(48)32-46-28-68-38(2)30-74(46)34-52(78)76-36-62(5,6)56-50(76)26-42(60(82)70-56)24-40-9-13-44(64)14-10-40/h7-14,25-26,37-38,45-48,53-54,67-68H,15-24,27-36H2,1-6H3,(H2,65,79)(H2,66,80)(H,69,81)(H,70,82)/t37-,38-,45-,46-,47?,48?,53?,54?/m1/s1. The van der Waals surface area contributed by atoms with Crippen LogP contribution in [0.1, 0.15) is 88.0 Å². The van der Waals surface area contributed by atoms with Gasteiger partial charge in [-0.15, -0.1) is 0 Å². The Hall–Kier alpha value is -6.28. The maximum Gasteiger partial charge on any atom is 0.251 e. The number of aromatic amines is 2. The minimum atomic E-state index is -0.901. The Bertz CT molecular complexity index is 2990. The summed E-state index contributed by atoms with van der Waals surface area (Å²) in [6.45, 7) is 18.7. The minimum absolute atomic E-state index is 0.0981. The van der Waals surface area contributed by atoms with Gasteiger partial charge in [-0.25, -0.2) is 8.78 Å². The van der Waals surface area contributed by atoms with Crippen molar-refractivity contribution in [1.82, 2.24) is 40.2 Å². The molecule has 8 atom stereocenters. The van der Waals surface area contributed by atoms with Crippen LogP contribution in [0.4, 0.5) is 20.2 Å². The Balaban J connectivity index is 0.772. The van der Waals surface area contributed by atoms with E-state index < -0.39 is 46.9 Å². The molecule has 85 heavy (non-hydrogen) atoms. The van der Waals surface area contributed by atoms with Gasteiger partial charge in [0.25, 0.3) is 11.1 Å². The number of benzene rings is 2. The molecule has 0 aliphatic carbocycles. The summed E-state index contributed by atoms with van der Waals surface area (Å²) in [7, 11) is 0. The average molecular weight is 1180 g/mol. The molecular formula is C62H84F2N12O9. The SMILES string of the molecule is C[C@@H]1CN(CC(=O)N2CC(C)(C)c3[nH]c(=O)c(Cc4ccc(F)cc4)cc32)[C@@H](CN2CCOC(C(N)=O)C2CCOCCC2C(C(N)=O)OCCN2C[C@H]2CN[C@H](C)CN2CC(=O)N2CC(C)(C)c3[nH]c(=O)c(Cc4ccc(F)cc4)cc32)CN1. The summed E-state index contributed by atoms with van der Waals surface area (Å²) in [5.41, 5.74) is 15.8. The van der Waals surface area contributed by atoms with E-state index in [1.54, 1.807) is 46.2 Å². The first-order chi connectivity index (χ1) is 40.5. The molecule has 8 N–H and O–H groups in total. The lowest BCUT2D eigenvalue weighted by atomic mass is 9.91. The summed E-state index contributed by atoms with van der Waals surface area (Å²) in [6, 6.07) is 14.8. The van der Waals surface area contributed by atoms with Crippen molar-refractivity contribution < 1.29 is 42.2 Å². The number of H-pyrrole nitrogens is 2. The van der Waals surface area contributed by atoms with E-state index in [9.17, 15) is 37.5 Å². The summed E-state index contributed by atoms with van der Waals surface area (Å²) in [6.07, 6.45) is -0.429. The van der Waals surface area contributed by atoms with Gasteiger partial charge in [0.2, 0.25) is 23.6 Å². The van der Waals surface area contributed by atoms with Crippen molar-refractivity contribution in [2.45, 2.75) is 127 Å². The number of halogens is 2. The van der Waals surface area contributed by atoms with Crippen LogP contribution in [0, 0.1) is 11.6 Å². The summed E-state index contributed by atoms with van der Waals surface area (Å²) in [5, 5.41) is 7.19. The lowest BCUT2D eigenvalue weighted by molar-refractivity contribution is -0.145. The predicted octanol–water partition coefficient (Wildman–Crippen LogP) is 1.70. The van der Waals surface area contributed by atoms with E-state index in [1.165, 1.54) is 24.3 Å². The molecule has 4 amide bonds. The van der Waals surface area contributed by atoms with Gasteiger partial charge in [-0.1, -0.05) is 52.0 Å². The fourth-order valence-corrected chi connectivity index (χ4v) is 13.6. The fourth-order valence-electron chi connectivity index (χ4n) is 13.6. The topological polar surface area (TPSA) is 257 Å². The molecular weight excluding hydrogens is 1090 g/mol. The molecule has 6 aliphatic rings. The van der Waals surface area contributed by atoms with Crippen molar-refractivity contribution in [3.05, 3.63) is 127 Å². The number of fused-ring (bicyclic) bond motifs is 2. The molecule has 8 heterocycles. The number of morpholine rings is 2. The van der Waals surface area contributed by atoms with Gasteiger partial charge >= 0.3 is 0 Å². The number of amides is 4. The molecule has 6 aliphatic heterocycles. The first-order valence-corrected chi connectivity index (χ1v) is 30.0. The fraction of sp³-hybridized carbons (Fsp3) is 0.581. The molecule has 460 valence electrons. The molecule has 23 heteroatoms. The highest BCUT2D eigenvalue weighted by molar-refractivity contribution is 5.98. The second-order valence-corrected chi connectivity index (χ2v) is 25.6. The van der Waals surface area contributed by atoms with E-state index in [0.717, 1.165) is 11.1 Å². The average Bonchev–Trinajstić information content (AvgIpc) is 2.68. The number of hydrogen-bond donors (Lipinski definition) is 6. The van der Waals surface area contributed by atoms with Crippen molar-refractivity contribution in [1.29, 1.82) is 0 Å². The van der Waals surface area contributed by atoms with E-state index in [-0.39, 0.29) is 97.9 Å². The second kappa shape index (κ2) is 26.0. The van der Waals surface area contributed by atoms with Crippen LogP contribution < -0.4 is 43.0 Å². The second-order valence-electron chi connectivity index (χ2n) is 25.6. The molecule has 4 unspecified atom stereocenters. The molecule has 0 bridgehead atoms. The quantitative estimate of drug-likeness (QED) is 0.0689. The maximum atomic E-state index is 14.6. The number of pyridine rings is 2. The Morgan fingerprint density at radius 2 is 1.00 bits per heavy atom. The Labute approximate surface area is 495 Å². The van der Waals surface area contributed by atoms with Gasteiger partial charge in [0.15, 0.2) is 12.2 Å². The Kier molecular flexibility index (Phi) is 18.9. The zero-order valence-corrected chi connectivity index (χ0v) is 49.8. The smallest absolute Gasteiger partial charge is 0.251 e. The number of primary amides is 2. The van der Waals surface area contributed by atoms with Gasteiger partial charge in [-0.05, 0) is 74.2 Å².